The number of nitrogens with one attached hydrogen (secondary N) is 2. The summed E-state index contributed by atoms with van der Waals surface area (Å²) in [6, 6.07) is 14.1. The molecular weight excluding hydrogens is 392 g/mol. The second-order valence-corrected chi connectivity index (χ2v) is 9.00. The molecule has 0 unspecified atom stereocenters. The minimum Gasteiger partial charge on any atom is -0.444 e. The number of esters is 1. The molecule has 1 saturated carbocycles. The summed E-state index contributed by atoms with van der Waals surface area (Å²) in [4.78, 5) is 25.3. The van der Waals surface area contributed by atoms with Gasteiger partial charge in [-0.25, -0.2) is 17.9 Å². The minimum absolute atomic E-state index is 0.0423. The number of ether oxygens (including phenoxy) is 1. The number of amides is 1. The first-order valence-electron chi connectivity index (χ1n) is 9.45. The van der Waals surface area contributed by atoms with Crippen LogP contribution in [-0.4, -0.2) is 32.4 Å². The van der Waals surface area contributed by atoms with Crippen molar-refractivity contribution in [1.82, 2.24) is 10.0 Å². The van der Waals surface area contributed by atoms with Crippen LogP contribution in [0.5, 0.6) is 0 Å². The fraction of sp³-hybridized carbons (Fsp3) is 0.333. The molecule has 2 aromatic rings. The number of carbonyl (C=O) groups excluding carboxylic acids is 2. The zero-order valence-electron chi connectivity index (χ0n) is 16.3. The van der Waals surface area contributed by atoms with E-state index in [4.69, 9.17) is 4.74 Å². The average molecular weight is 416 g/mol. The molecule has 0 aliphatic heterocycles. The third kappa shape index (κ3) is 5.65. The van der Waals surface area contributed by atoms with Crippen molar-refractivity contribution < 1.29 is 22.7 Å². The third-order valence-electron chi connectivity index (χ3n) is 4.26. The summed E-state index contributed by atoms with van der Waals surface area (Å²) >= 11 is 0. The molecule has 1 fully saturated rings. The van der Waals surface area contributed by atoms with Crippen LogP contribution in [0.25, 0.3) is 0 Å². The third-order valence-corrected chi connectivity index (χ3v) is 5.92. The first-order chi connectivity index (χ1) is 13.8. The van der Waals surface area contributed by atoms with Crippen LogP contribution in [0.4, 0.5) is 0 Å². The van der Waals surface area contributed by atoms with E-state index in [0.717, 1.165) is 12.8 Å². The molecular formula is C21H24N2O5S. The number of benzene rings is 2. The van der Waals surface area contributed by atoms with Gasteiger partial charge in [-0.3, -0.25) is 4.79 Å². The van der Waals surface area contributed by atoms with Gasteiger partial charge in [0.1, 0.15) is 0 Å². The largest absolute Gasteiger partial charge is 0.444 e. The average Bonchev–Trinajstić information content (AvgIpc) is 3.49. The Morgan fingerprint density at radius 2 is 1.72 bits per heavy atom. The highest BCUT2D eigenvalue weighted by molar-refractivity contribution is 7.89. The fourth-order valence-corrected chi connectivity index (χ4v) is 4.05. The van der Waals surface area contributed by atoms with E-state index in [9.17, 15) is 18.0 Å². The molecule has 1 aliphatic rings. The first-order valence-corrected chi connectivity index (χ1v) is 10.9. The number of rotatable bonds is 8. The van der Waals surface area contributed by atoms with Crippen LogP contribution in [0.1, 0.15) is 48.7 Å². The minimum atomic E-state index is -3.76. The molecule has 2 aromatic carbocycles. The van der Waals surface area contributed by atoms with Crippen LogP contribution in [0, 0.1) is 0 Å². The summed E-state index contributed by atoms with van der Waals surface area (Å²) in [5.74, 6) is -1.16. The van der Waals surface area contributed by atoms with E-state index in [1.54, 1.807) is 44.2 Å². The topological polar surface area (TPSA) is 102 Å². The van der Waals surface area contributed by atoms with E-state index in [0.29, 0.717) is 5.56 Å². The molecule has 0 radical (unpaired) electrons. The maximum atomic E-state index is 12.7. The number of hydrogen-bond donors (Lipinski definition) is 2. The van der Waals surface area contributed by atoms with Gasteiger partial charge in [-0.05, 0) is 44.9 Å². The highest BCUT2D eigenvalue weighted by Gasteiger charge is 2.31. The summed E-state index contributed by atoms with van der Waals surface area (Å²) in [6.07, 6.45) is 0.701. The lowest BCUT2D eigenvalue weighted by atomic mass is 10.1. The molecule has 0 spiro atoms. The molecule has 8 heteroatoms. The number of sulfonamides is 1. The van der Waals surface area contributed by atoms with E-state index >= 15 is 0 Å². The van der Waals surface area contributed by atoms with E-state index in [1.165, 1.54) is 24.3 Å². The Hall–Kier alpha value is -2.71. The Labute approximate surface area is 170 Å². The van der Waals surface area contributed by atoms with E-state index in [1.807, 2.05) is 0 Å². The van der Waals surface area contributed by atoms with Crippen LogP contribution in [0.15, 0.2) is 59.5 Å². The molecule has 0 aromatic heterocycles. The predicted molar refractivity (Wildman–Crippen MR) is 108 cm³/mol. The number of carbonyl (C=O) groups is 2. The highest BCUT2D eigenvalue weighted by Crippen LogP contribution is 2.24. The van der Waals surface area contributed by atoms with Gasteiger partial charge in [0.2, 0.25) is 16.1 Å². The van der Waals surface area contributed by atoms with Crippen molar-refractivity contribution in [2.45, 2.75) is 49.8 Å². The molecule has 3 rings (SSSR count). The molecule has 154 valence electrons. The van der Waals surface area contributed by atoms with Crippen molar-refractivity contribution in [1.29, 1.82) is 0 Å². The van der Waals surface area contributed by atoms with E-state index in [2.05, 4.69) is 10.0 Å². The molecule has 0 saturated heterocycles. The highest BCUT2D eigenvalue weighted by atomic mass is 32.2. The Morgan fingerprint density at radius 3 is 2.34 bits per heavy atom. The van der Waals surface area contributed by atoms with Crippen LogP contribution in [0.2, 0.25) is 0 Å². The summed E-state index contributed by atoms with van der Waals surface area (Å²) in [5, 5.41) is 2.84. The van der Waals surface area contributed by atoms with Crippen molar-refractivity contribution >= 4 is 21.9 Å². The molecule has 1 atom stereocenters. The van der Waals surface area contributed by atoms with Gasteiger partial charge in [0.25, 0.3) is 5.91 Å². The standard InChI is InChI=1S/C21H24N2O5S/c1-14(2)23-29(26,27)18-10-6-9-16(13-18)21(25)28-19(15-7-4-3-5-8-15)20(24)22-17-11-12-17/h3-10,13-14,17,19,23H,11-12H2,1-2H3,(H,22,24)/t19-/m0/s1. The summed E-state index contributed by atoms with van der Waals surface area (Å²) in [7, 11) is -3.76. The monoisotopic (exact) mass is 416 g/mol. The van der Waals surface area contributed by atoms with Crippen LogP contribution in [-0.2, 0) is 19.6 Å². The molecule has 1 aliphatic carbocycles. The van der Waals surface area contributed by atoms with Gasteiger partial charge in [0.15, 0.2) is 0 Å². The summed E-state index contributed by atoms with van der Waals surface area (Å²) < 4.78 is 32.7. The summed E-state index contributed by atoms with van der Waals surface area (Å²) in [5.41, 5.74) is 0.598. The zero-order valence-corrected chi connectivity index (χ0v) is 17.1. The molecule has 0 bridgehead atoms. The van der Waals surface area contributed by atoms with Crippen molar-refractivity contribution in [3.8, 4) is 0 Å². The van der Waals surface area contributed by atoms with Crippen LogP contribution >= 0.6 is 0 Å². The van der Waals surface area contributed by atoms with Crippen molar-refractivity contribution in [2.75, 3.05) is 0 Å². The van der Waals surface area contributed by atoms with Gasteiger partial charge >= 0.3 is 5.97 Å². The van der Waals surface area contributed by atoms with Gasteiger partial charge in [0.05, 0.1) is 10.5 Å². The zero-order chi connectivity index (χ0) is 21.0. The van der Waals surface area contributed by atoms with Gasteiger partial charge in [-0.1, -0.05) is 36.4 Å². The van der Waals surface area contributed by atoms with Crippen molar-refractivity contribution in [2.24, 2.45) is 0 Å². The SMILES string of the molecule is CC(C)NS(=O)(=O)c1cccc(C(=O)O[C@H](C(=O)NC2CC2)c2ccccc2)c1. The Kier molecular flexibility index (Phi) is 6.34. The molecule has 29 heavy (non-hydrogen) atoms. The lowest BCUT2D eigenvalue weighted by Crippen LogP contribution is -2.33. The van der Waals surface area contributed by atoms with Crippen molar-refractivity contribution in [3.05, 3.63) is 65.7 Å². The maximum absolute atomic E-state index is 12.7. The number of hydrogen-bond acceptors (Lipinski definition) is 5. The Balaban J connectivity index is 1.82. The van der Waals surface area contributed by atoms with E-state index in [-0.39, 0.29) is 22.5 Å². The predicted octanol–water partition coefficient (Wildman–Crippen LogP) is 2.55. The Bertz CT molecular complexity index is 985. The first kappa shape index (κ1) is 21.0. The lowest BCUT2D eigenvalue weighted by Gasteiger charge is -2.18. The molecule has 1 amide bonds. The van der Waals surface area contributed by atoms with Crippen LogP contribution in [0.3, 0.4) is 0 Å². The van der Waals surface area contributed by atoms with E-state index < -0.39 is 28.0 Å². The van der Waals surface area contributed by atoms with Gasteiger partial charge in [0, 0.05) is 17.6 Å². The maximum Gasteiger partial charge on any atom is 0.339 e. The Morgan fingerprint density at radius 1 is 1.03 bits per heavy atom. The van der Waals surface area contributed by atoms with Gasteiger partial charge < -0.3 is 10.1 Å². The summed E-state index contributed by atoms with van der Waals surface area (Å²) in [6.45, 7) is 3.41. The second-order valence-electron chi connectivity index (χ2n) is 7.28. The second kappa shape index (κ2) is 8.75. The molecule has 0 heterocycles. The van der Waals surface area contributed by atoms with Gasteiger partial charge in [-0.2, -0.15) is 0 Å². The quantitative estimate of drug-likeness (QED) is 0.644. The van der Waals surface area contributed by atoms with Crippen LogP contribution < -0.4 is 10.0 Å². The molecule has 7 nitrogen and oxygen atoms in total. The lowest BCUT2D eigenvalue weighted by molar-refractivity contribution is -0.130. The molecule has 2 N–H and O–H groups in total. The van der Waals surface area contributed by atoms with Gasteiger partial charge in [-0.15, -0.1) is 0 Å². The smallest absolute Gasteiger partial charge is 0.339 e. The fourth-order valence-electron chi connectivity index (χ4n) is 2.75. The normalized spacial score (nSPS) is 15.0. The van der Waals surface area contributed by atoms with Crippen molar-refractivity contribution in [3.63, 3.8) is 0 Å².